The van der Waals surface area contributed by atoms with Crippen molar-refractivity contribution in [3.63, 3.8) is 0 Å². The summed E-state index contributed by atoms with van der Waals surface area (Å²) in [5.74, 6) is 1.84. The monoisotopic (exact) mass is 434 g/mol. The minimum absolute atomic E-state index is 0.462. The summed E-state index contributed by atoms with van der Waals surface area (Å²) >= 11 is 0. The Morgan fingerprint density at radius 2 is 1.91 bits per heavy atom. The van der Waals surface area contributed by atoms with Gasteiger partial charge < -0.3 is 9.30 Å². The molecule has 0 unspecified atom stereocenters. The van der Waals surface area contributed by atoms with Crippen molar-refractivity contribution in [2.45, 2.75) is 47.3 Å². The zero-order valence-corrected chi connectivity index (χ0v) is 19.4. The summed E-state index contributed by atoms with van der Waals surface area (Å²) in [6, 6.07) is 18.8. The van der Waals surface area contributed by atoms with E-state index in [-0.39, 0.29) is 0 Å². The van der Waals surface area contributed by atoms with E-state index >= 15 is 0 Å². The Balaban J connectivity index is 1.62. The molecule has 1 aliphatic rings. The van der Waals surface area contributed by atoms with E-state index in [1.165, 1.54) is 0 Å². The maximum atomic E-state index is 9.69. The maximum absolute atomic E-state index is 9.69. The number of aromatic nitrogens is 3. The predicted molar refractivity (Wildman–Crippen MR) is 130 cm³/mol. The number of hydrogen-bond donors (Lipinski definition) is 0. The number of nitrogens with zero attached hydrogens (tertiary/aromatic N) is 4. The molecule has 0 amide bonds. The number of nitriles is 1. The summed E-state index contributed by atoms with van der Waals surface area (Å²) in [7, 11) is 0. The summed E-state index contributed by atoms with van der Waals surface area (Å²) in [4.78, 5) is 9.69. The summed E-state index contributed by atoms with van der Waals surface area (Å²) in [6.07, 6.45) is 0.840. The number of pyridine rings is 1. The number of para-hydroxylation sites is 1. The quantitative estimate of drug-likeness (QED) is 0.377. The number of allylic oxidation sites excluding steroid dienone is 1. The summed E-state index contributed by atoms with van der Waals surface area (Å²) in [6.45, 7) is 9.27. The van der Waals surface area contributed by atoms with Gasteiger partial charge in [-0.3, -0.25) is 0 Å². The second-order valence-corrected chi connectivity index (χ2v) is 8.61. The predicted octanol–water partition coefficient (Wildman–Crippen LogP) is 5.90. The number of hydrogen-bond acceptors (Lipinski definition) is 4. The molecule has 5 rings (SSSR count). The first kappa shape index (κ1) is 21.0. The Hall–Kier alpha value is -3.91. The molecule has 0 bridgehead atoms. The van der Waals surface area contributed by atoms with Crippen LogP contribution in [0.15, 0.2) is 54.1 Å². The van der Waals surface area contributed by atoms with Crippen LogP contribution in [0.1, 0.15) is 53.2 Å². The van der Waals surface area contributed by atoms with Gasteiger partial charge in [-0.25, -0.2) is 9.97 Å². The first-order valence-electron chi connectivity index (χ1n) is 11.3. The van der Waals surface area contributed by atoms with Gasteiger partial charge in [0.25, 0.3) is 0 Å². The zero-order valence-electron chi connectivity index (χ0n) is 19.4. The average molecular weight is 435 g/mol. The van der Waals surface area contributed by atoms with E-state index in [1.807, 2.05) is 38.1 Å². The van der Waals surface area contributed by atoms with Crippen LogP contribution < -0.4 is 4.74 Å². The Morgan fingerprint density at radius 3 is 2.70 bits per heavy atom. The zero-order chi connectivity index (χ0) is 23.1. The summed E-state index contributed by atoms with van der Waals surface area (Å²) in [5.41, 5.74) is 9.95. The van der Waals surface area contributed by atoms with Gasteiger partial charge in [-0.1, -0.05) is 37.3 Å². The van der Waals surface area contributed by atoms with Crippen molar-refractivity contribution in [1.29, 1.82) is 5.26 Å². The lowest BCUT2D eigenvalue weighted by molar-refractivity contribution is 0.307. The molecule has 5 nitrogen and oxygen atoms in total. The van der Waals surface area contributed by atoms with Crippen LogP contribution in [0.25, 0.3) is 16.7 Å². The molecule has 0 atom stereocenters. The fourth-order valence-corrected chi connectivity index (χ4v) is 4.74. The van der Waals surface area contributed by atoms with Crippen LogP contribution in [0, 0.1) is 25.2 Å². The Bertz CT molecular complexity index is 1470. The van der Waals surface area contributed by atoms with Gasteiger partial charge >= 0.3 is 0 Å². The highest BCUT2D eigenvalue weighted by Crippen LogP contribution is 2.38. The molecule has 0 saturated heterocycles. The SMILES string of the molecule is CCc1nc2c(C)cc(C)nc2n1Cc1ccc2c(c1)COc1ccccc1C2=C(C)C#N. The van der Waals surface area contributed by atoms with Crippen LogP contribution in [0.2, 0.25) is 0 Å². The lowest BCUT2D eigenvalue weighted by atomic mass is 9.90. The number of ether oxygens (including phenoxy) is 1. The molecular formula is C28H26N4O. The van der Waals surface area contributed by atoms with Crippen molar-refractivity contribution in [3.8, 4) is 11.8 Å². The standard InChI is InChI=1S/C28H26N4O/c1-5-25-31-27-17(2)12-19(4)30-28(27)32(25)15-20-10-11-22-21(13-20)16-33-24-9-7-6-8-23(24)26(22)18(3)14-29/h6-13H,5,15-16H2,1-4H3. The molecular weight excluding hydrogens is 408 g/mol. The van der Waals surface area contributed by atoms with E-state index in [4.69, 9.17) is 14.7 Å². The molecule has 0 radical (unpaired) electrons. The van der Waals surface area contributed by atoms with E-state index in [0.717, 1.165) is 68.2 Å². The van der Waals surface area contributed by atoms with Gasteiger partial charge in [-0.15, -0.1) is 0 Å². The molecule has 3 heterocycles. The first-order chi connectivity index (χ1) is 16.0. The highest BCUT2D eigenvalue weighted by atomic mass is 16.5. The van der Waals surface area contributed by atoms with Gasteiger partial charge in [0.15, 0.2) is 5.65 Å². The van der Waals surface area contributed by atoms with Gasteiger partial charge in [-0.2, -0.15) is 5.26 Å². The number of aryl methyl sites for hydroxylation is 3. The number of benzene rings is 2. The van der Waals surface area contributed by atoms with Crippen molar-refractivity contribution in [2.24, 2.45) is 0 Å². The smallest absolute Gasteiger partial charge is 0.160 e. The Labute approximate surface area is 194 Å². The van der Waals surface area contributed by atoms with Crippen molar-refractivity contribution < 1.29 is 4.74 Å². The van der Waals surface area contributed by atoms with Crippen LogP contribution in [0.4, 0.5) is 0 Å². The highest BCUT2D eigenvalue weighted by molar-refractivity contribution is 5.88. The van der Waals surface area contributed by atoms with Gasteiger partial charge in [0, 0.05) is 28.8 Å². The largest absolute Gasteiger partial charge is 0.488 e. The number of rotatable bonds is 3. The molecule has 2 aromatic heterocycles. The second-order valence-electron chi connectivity index (χ2n) is 8.61. The van der Waals surface area contributed by atoms with E-state index < -0.39 is 0 Å². The van der Waals surface area contributed by atoms with Crippen LogP contribution in [0.5, 0.6) is 5.75 Å². The van der Waals surface area contributed by atoms with Gasteiger partial charge in [0.1, 0.15) is 23.7 Å². The first-order valence-corrected chi connectivity index (χ1v) is 11.3. The van der Waals surface area contributed by atoms with Crippen LogP contribution in [-0.2, 0) is 19.6 Å². The molecule has 0 aliphatic carbocycles. The lowest BCUT2D eigenvalue weighted by Gasteiger charge is -2.14. The van der Waals surface area contributed by atoms with E-state index in [0.29, 0.717) is 18.7 Å². The molecule has 1 aliphatic heterocycles. The van der Waals surface area contributed by atoms with Gasteiger partial charge in [0.2, 0.25) is 0 Å². The normalized spacial score (nSPS) is 14.2. The van der Waals surface area contributed by atoms with E-state index in [2.05, 4.69) is 48.7 Å². The van der Waals surface area contributed by atoms with E-state index in [9.17, 15) is 5.26 Å². The highest BCUT2D eigenvalue weighted by Gasteiger charge is 2.22. The third kappa shape index (κ3) is 3.58. The Kier molecular flexibility index (Phi) is 5.22. The lowest BCUT2D eigenvalue weighted by Crippen LogP contribution is -2.07. The summed E-state index contributed by atoms with van der Waals surface area (Å²) < 4.78 is 8.38. The van der Waals surface area contributed by atoms with Crippen LogP contribution in [0.3, 0.4) is 0 Å². The molecule has 0 saturated carbocycles. The van der Waals surface area contributed by atoms with Crippen molar-refractivity contribution in [2.75, 3.05) is 0 Å². The number of fused-ring (bicyclic) bond motifs is 3. The van der Waals surface area contributed by atoms with Gasteiger partial charge in [0.05, 0.1) is 12.6 Å². The topological polar surface area (TPSA) is 63.7 Å². The van der Waals surface area contributed by atoms with Crippen molar-refractivity contribution in [3.05, 3.63) is 93.4 Å². The molecule has 5 heteroatoms. The van der Waals surface area contributed by atoms with Gasteiger partial charge in [-0.05, 0) is 61.2 Å². The average Bonchev–Trinajstić information content (AvgIpc) is 3.07. The molecule has 2 aromatic carbocycles. The molecule has 164 valence electrons. The van der Waals surface area contributed by atoms with Crippen molar-refractivity contribution in [1.82, 2.24) is 14.5 Å². The maximum Gasteiger partial charge on any atom is 0.160 e. The number of imidazole rings is 1. The third-order valence-corrected chi connectivity index (χ3v) is 6.28. The fraction of sp³-hybridized carbons (Fsp3) is 0.250. The third-order valence-electron chi connectivity index (χ3n) is 6.28. The van der Waals surface area contributed by atoms with Crippen LogP contribution in [-0.4, -0.2) is 14.5 Å². The molecule has 4 aromatic rings. The molecule has 0 spiro atoms. The van der Waals surface area contributed by atoms with Crippen molar-refractivity contribution >= 4 is 16.7 Å². The minimum Gasteiger partial charge on any atom is -0.488 e. The summed E-state index contributed by atoms with van der Waals surface area (Å²) in [5, 5.41) is 9.69. The molecule has 33 heavy (non-hydrogen) atoms. The molecule has 0 N–H and O–H groups in total. The second kappa shape index (κ2) is 8.22. The van der Waals surface area contributed by atoms with E-state index in [1.54, 1.807) is 0 Å². The van der Waals surface area contributed by atoms with Crippen LogP contribution >= 0.6 is 0 Å². The Morgan fingerprint density at radius 1 is 1.09 bits per heavy atom. The molecule has 0 fully saturated rings. The fourth-order valence-electron chi connectivity index (χ4n) is 4.74. The minimum atomic E-state index is 0.462.